The van der Waals surface area contributed by atoms with E-state index in [1.54, 1.807) is 0 Å². The number of fused-ring (bicyclic) bond motifs is 1. The van der Waals surface area contributed by atoms with E-state index in [4.69, 9.17) is 0 Å². The Morgan fingerprint density at radius 3 is 2.36 bits per heavy atom. The van der Waals surface area contributed by atoms with E-state index in [-0.39, 0.29) is 17.7 Å². The van der Waals surface area contributed by atoms with Gasteiger partial charge >= 0.3 is 0 Å². The van der Waals surface area contributed by atoms with E-state index in [2.05, 4.69) is 10.6 Å². The van der Waals surface area contributed by atoms with Crippen LogP contribution in [0.1, 0.15) is 24.8 Å². The molecule has 1 aliphatic carbocycles. The summed E-state index contributed by atoms with van der Waals surface area (Å²) in [4.78, 5) is 25.6. The Hall–Kier alpha value is -3.14. The van der Waals surface area contributed by atoms with Gasteiger partial charge in [-0.1, -0.05) is 73.2 Å². The van der Waals surface area contributed by atoms with E-state index < -0.39 is 6.04 Å². The molecule has 0 bridgehead atoms. The van der Waals surface area contributed by atoms with Crippen molar-refractivity contribution in [1.82, 2.24) is 5.32 Å². The molecule has 1 unspecified atom stereocenters. The van der Waals surface area contributed by atoms with Crippen LogP contribution in [-0.2, 0) is 16.0 Å². The molecule has 142 valence electrons. The molecular formula is C24H24N2O2. The molecule has 1 saturated carbocycles. The number of hydrogen-bond acceptors (Lipinski definition) is 2. The molecule has 3 aromatic carbocycles. The van der Waals surface area contributed by atoms with E-state index in [0.29, 0.717) is 6.42 Å². The van der Waals surface area contributed by atoms with Crippen LogP contribution >= 0.6 is 0 Å². The van der Waals surface area contributed by atoms with Crippen molar-refractivity contribution in [3.8, 4) is 0 Å². The Balaban J connectivity index is 1.55. The minimum atomic E-state index is -0.602. The fourth-order valence-corrected chi connectivity index (χ4v) is 3.57. The lowest BCUT2D eigenvalue weighted by molar-refractivity contribution is -0.131. The molecular weight excluding hydrogens is 348 g/mol. The van der Waals surface area contributed by atoms with Gasteiger partial charge in [0, 0.05) is 23.4 Å². The third kappa shape index (κ3) is 4.06. The quantitative estimate of drug-likeness (QED) is 0.677. The summed E-state index contributed by atoms with van der Waals surface area (Å²) in [5.74, 6) is -0.156. The zero-order chi connectivity index (χ0) is 19.3. The first-order valence-electron chi connectivity index (χ1n) is 9.83. The maximum atomic E-state index is 13.1. The van der Waals surface area contributed by atoms with Crippen LogP contribution in [0.25, 0.3) is 10.8 Å². The van der Waals surface area contributed by atoms with Crippen LogP contribution in [0.2, 0.25) is 0 Å². The van der Waals surface area contributed by atoms with Gasteiger partial charge in [-0.05, 0) is 29.9 Å². The van der Waals surface area contributed by atoms with E-state index in [0.717, 1.165) is 41.3 Å². The molecule has 1 atom stereocenters. The van der Waals surface area contributed by atoms with E-state index in [1.807, 2.05) is 72.8 Å². The fourth-order valence-electron chi connectivity index (χ4n) is 3.57. The number of carbonyl (C=O) groups excluding carboxylic acids is 2. The lowest BCUT2D eigenvalue weighted by atomic mass is 9.84. The highest BCUT2D eigenvalue weighted by molar-refractivity contribution is 6.04. The maximum absolute atomic E-state index is 13.1. The topological polar surface area (TPSA) is 58.2 Å². The van der Waals surface area contributed by atoms with Crippen molar-refractivity contribution in [3.63, 3.8) is 0 Å². The number of nitrogens with one attached hydrogen (secondary N) is 2. The van der Waals surface area contributed by atoms with Crippen LogP contribution in [0, 0.1) is 5.92 Å². The fraction of sp³-hybridized carbons (Fsp3) is 0.250. The van der Waals surface area contributed by atoms with Crippen LogP contribution in [0.15, 0.2) is 72.8 Å². The number of anilines is 1. The molecule has 0 radical (unpaired) electrons. The van der Waals surface area contributed by atoms with Crippen LogP contribution in [0.4, 0.5) is 5.69 Å². The molecule has 4 rings (SSSR count). The van der Waals surface area contributed by atoms with Crippen LogP contribution < -0.4 is 10.6 Å². The minimum absolute atomic E-state index is 0.0137. The zero-order valence-corrected chi connectivity index (χ0v) is 15.7. The van der Waals surface area contributed by atoms with E-state index in [1.165, 1.54) is 0 Å². The summed E-state index contributed by atoms with van der Waals surface area (Å²) in [7, 11) is 0. The van der Waals surface area contributed by atoms with Gasteiger partial charge in [-0.15, -0.1) is 0 Å². The zero-order valence-electron chi connectivity index (χ0n) is 15.7. The van der Waals surface area contributed by atoms with Gasteiger partial charge in [0.2, 0.25) is 11.8 Å². The average Bonchev–Trinajstić information content (AvgIpc) is 2.67. The average molecular weight is 372 g/mol. The maximum Gasteiger partial charge on any atom is 0.247 e. The summed E-state index contributed by atoms with van der Waals surface area (Å²) in [6.07, 6.45) is 3.38. The minimum Gasteiger partial charge on any atom is -0.344 e. The van der Waals surface area contributed by atoms with Crippen LogP contribution in [-0.4, -0.2) is 17.9 Å². The monoisotopic (exact) mass is 372 g/mol. The first kappa shape index (κ1) is 18.2. The van der Waals surface area contributed by atoms with Gasteiger partial charge in [0.15, 0.2) is 0 Å². The van der Waals surface area contributed by atoms with Crippen LogP contribution in [0.3, 0.4) is 0 Å². The molecule has 1 fully saturated rings. The molecule has 4 nitrogen and oxygen atoms in total. The standard InChI is InChI=1S/C24H24N2O2/c27-23(19-12-6-13-19)26-22(16-17-8-2-1-3-9-17)24(28)25-21-15-7-11-18-10-4-5-14-20(18)21/h1-5,7-11,14-15,19,22H,6,12-13,16H2,(H,25,28)(H,26,27). The lowest BCUT2D eigenvalue weighted by Crippen LogP contribution is -2.48. The molecule has 0 aromatic heterocycles. The highest BCUT2D eigenvalue weighted by Gasteiger charge is 2.29. The van der Waals surface area contributed by atoms with Gasteiger partial charge in [-0.2, -0.15) is 0 Å². The van der Waals surface area contributed by atoms with Gasteiger partial charge < -0.3 is 10.6 Å². The van der Waals surface area contributed by atoms with Crippen molar-refractivity contribution in [2.24, 2.45) is 5.92 Å². The molecule has 0 spiro atoms. The smallest absolute Gasteiger partial charge is 0.247 e. The van der Waals surface area contributed by atoms with Crippen molar-refractivity contribution in [1.29, 1.82) is 0 Å². The SMILES string of the molecule is O=C(NC(Cc1ccccc1)C(=O)Nc1cccc2ccccc12)C1CCC1. The summed E-state index contributed by atoms with van der Waals surface area (Å²) < 4.78 is 0. The van der Waals surface area contributed by atoms with Crippen LogP contribution in [0.5, 0.6) is 0 Å². The molecule has 0 heterocycles. The molecule has 2 amide bonds. The normalized spacial score (nSPS) is 14.9. The summed E-state index contributed by atoms with van der Waals surface area (Å²) in [5, 5.41) is 8.07. The molecule has 2 N–H and O–H groups in total. The Labute approximate surface area is 165 Å². The van der Waals surface area contributed by atoms with E-state index >= 15 is 0 Å². The number of hydrogen-bond donors (Lipinski definition) is 2. The largest absolute Gasteiger partial charge is 0.344 e. The molecule has 3 aromatic rings. The number of carbonyl (C=O) groups is 2. The van der Waals surface area contributed by atoms with Crippen molar-refractivity contribution < 1.29 is 9.59 Å². The van der Waals surface area contributed by atoms with Crippen molar-refractivity contribution in [2.45, 2.75) is 31.7 Å². The molecule has 1 aliphatic rings. The third-order valence-corrected chi connectivity index (χ3v) is 5.44. The Bertz CT molecular complexity index is 975. The van der Waals surface area contributed by atoms with E-state index in [9.17, 15) is 9.59 Å². The Morgan fingerprint density at radius 2 is 1.61 bits per heavy atom. The first-order valence-corrected chi connectivity index (χ1v) is 9.83. The summed E-state index contributed by atoms with van der Waals surface area (Å²) in [6.45, 7) is 0. The number of amides is 2. The van der Waals surface area contributed by atoms with Gasteiger partial charge in [-0.25, -0.2) is 0 Å². The van der Waals surface area contributed by atoms with Gasteiger partial charge in [0.1, 0.15) is 6.04 Å². The number of benzene rings is 3. The van der Waals surface area contributed by atoms with Crippen molar-refractivity contribution >= 4 is 28.3 Å². The molecule has 28 heavy (non-hydrogen) atoms. The Morgan fingerprint density at radius 1 is 0.893 bits per heavy atom. The summed E-state index contributed by atoms with van der Waals surface area (Å²) in [5.41, 5.74) is 1.79. The Kier molecular flexibility index (Phi) is 5.38. The first-order chi connectivity index (χ1) is 13.7. The third-order valence-electron chi connectivity index (χ3n) is 5.44. The molecule has 0 saturated heterocycles. The highest BCUT2D eigenvalue weighted by Crippen LogP contribution is 2.27. The van der Waals surface area contributed by atoms with Crippen molar-refractivity contribution in [2.75, 3.05) is 5.32 Å². The predicted molar refractivity (Wildman–Crippen MR) is 112 cm³/mol. The van der Waals surface area contributed by atoms with Gasteiger partial charge in [0.25, 0.3) is 0 Å². The second-order valence-corrected chi connectivity index (χ2v) is 7.39. The highest BCUT2D eigenvalue weighted by atomic mass is 16.2. The van der Waals surface area contributed by atoms with Gasteiger partial charge in [-0.3, -0.25) is 9.59 Å². The van der Waals surface area contributed by atoms with Gasteiger partial charge in [0.05, 0.1) is 0 Å². The van der Waals surface area contributed by atoms with Crippen molar-refractivity contribution in [3.05, 3.63) is 78.4 Å². The summed E-state index contributed by atoms with van der Waals surface area (Å²) >= 11 is 0. The lowest BCUT2D eigenvalue weighted by Gasteiger charge is -2.27. The molecule has 0 aliphatic heterocycles. The summed E-state index contributed by atoms with van der Waals surface area (Å²) in [6, 6.07) is 23.0. The predicted octanol–water partition coefficient (Wildman–Crippen LogP) is 4.31. The second-order valence-electron chi connectivity index (χ2n) is 7.39. The molecule has 4 heteroatoms. The second kappa shape index (κ2) is 8.26. The number of rotatable bonds is 6.